The Morgan fingerprint density at radius 1 is 0.794 bits per heavy atom. The molecule has 5 nitrogen and oxygen atoms in total. The number of nitrogens with one attached hydrogen (secondary N) is 2. The third kappa shape index (κ3) is 3.65. The predicted octanol–water partition coefficient (Wildman–Crippen LogP) is 4.17. The summed E-state index contributed by atoms with van der Waals surface area (Å²) in [5.41, 5.74) is 8.15. The van der Waals surface area contributed by atoms with Crippen LogP contribution in [0.1, 0.15) is 51.6 Å². The maximum absolute atomic E-state index is 12.7. The zero-order valence-electron chi connectivity index (χ0n) is 19.2. The zero-order chi connectivity index (χ0) is 23.1. The molecule has 4 aliphatic rings. The summed E-state index contributed by atoms with van der Waals surface area (Å²) in [5, 5.41) is 5.84. The molecule has 172 valence electrons. The Morgan fingerprint density at radius 3 is 2.12 bits per heavy atom. The first kappa shape index (κ1) is 21.0. The van der Waals surface area contributed by atoms with Crippen LogP contribution in [0, 0.1) is 5.92 Å². The number of amides is 3. The summed E-state index contributed by atoms with van der Waals surface area (Å²) in [4.78, 5) is 27.1. The quantitative estimate of drug-likeness (QED) is 0.626. The molecule has 7 rings (SSSR count). The molecule has 0 aromatic heterocycles. The number of hydrogen-bond donors (Lipinski definition) is 2. The van der Waals surface area contributed by atoms with Gasteiger partial charge >= 0.3 is 6.03 Å². The molecule has 1 aliphatic heterocycles. The van der Waals surface area contributed by atoms with E-state index >= 15 is 0 Å². The minimum absolute atomic E-state index is 0.0242. The van der Waals surface area contributed by atoms with Crippen LogP contribution in [-0.4, -0.2) is 36.5 Å². The van der Waals surface area contributed by atoms with E-state index in [0.717, 1.165) is 12.8 Å². The van der Waals surface area contributed by atoms with E-state index in [2.05, 4.69) is 71.3 Å². The van der Waals surface area contributed by atoms with Crippen molar-refractivity contribution < 1.29 is 9.59 Å². The fourth-order valence-electron chi connectivity index (χ4n) is 6.22. The van der Waals surface area contributed by atoms with Crippen molar-refractivity contribution in [2.45, 2.75) is 31.2 Å². The van der Waals surface area contributed by atoms with Crippen molar-refractivity contribution in [2.75, 3.05) is 19.6 Å². The molecule has 1 unspecified atom stereocenters. The molecule has 34 heavy (non-hydrogen) atoms. The molecule has 1 heterocycles. The lowest BCUT2D eigenvalue weighted by molar-refractivity contribution is -0.131. The van der Waals surface area contributed by atoms with E-state index in [4.69, 9.17) is 0 Å². The summed E-state index contributed by atoms with van der Waals surface area (Å²) < 4.78 is 0. The van der Waals surface area contributed by atoms with Crippen molar-refractivity contribution in [3.05, 3.63) is 106 Å². The molecular formula is C29H29N3O2. The fourth-order valence-corrected chi connectivity index (χ4v) is 6.22. The monoisotopic (exact) mass is 451 g/mol. The van der Waals surface area contributed by atoms with Gasteiger partial charge in [-0.25, -0.2) is 4.79 Å². The molecule has 3 aromatic rings. The first-order chi connectivity index (χ1) is 16.7. The highest BCUT2D eigenvalue weighted by atomic mass is 16.2. The number of carbonyl (C=O) groups excluding carboxylic acids is 2. The highest BCUT2D eigenvalue weighted by Gasteiger charge is 2.42. The molecule has 0 spiro atoms. The molecule has 3 amide bonds. The van der Waals surface area contributed by atoms with Crippen LogP contribution < -0.4 is 10.6 Å². The molecule has 2 bridgehead atoms. The zero-order valence-corrected chi connectivity index (χ0v) is 19.2. The topological polar surface area (TPSA) is 61.4 Å². The van der Waals surface area contributed by atoms with Gasteiger partial charge in [0.1, 0.15) is 0 Å². The Hall–Kier alpha value is -3.60. The van der Waals surface area contributed by atoms with Crippen LogP contribution in [0.3, 0.4) is 0 Å². The molecule has 0 saturated carbocycles. The van der Waals surface area contributed by atoms with Gasteiger partial charge in [-0.1, -0.05) is 72.8 Å². The van der Waals surface area contributed by atoms with Crippen LogP contribution in [0.25, 0.3) is 0 Å². The first-order valence-corrected chi connectivity index (χ1v) is 12.2. The number of hydrogen-bond acceptors (Lipinski definition) is 2. The highest BCUT2D eigenvalue weighted by molar-refractivity contribution is 5.84. The van der Waals surface area contributed by atoms with E-state index < -0.39 is 0 Å². The minimum Gasteiger partial charge on any atom is -0.338 e. The van der Waals surface area contributed by atoms with E-state index in [1.54, 1.807) is 0 Å². The van der Waals surface area contributed by atoms with Gasteiger partial charge in [0, 0.05) is 31.5 Å². The smallest absolute Gasteiger partial charge is 0.315 e. The largest absolute Gasteiger partial charge is 0.338 e. The van der Waals surface area contributed by atoms with E-state index in [1.807, 2.05) is 17.0 Å². The van der Waals surface area contributed by atoms with Gasteiger partial charge in [-0.15, -0.1) is 0 Å². The lowest BCUT2D eigenvalue weighted by Crippen LogP contribution is -2.47. The van der Waals surface area contributed by atoms with Gasteiger partial charge in [0.2, 0.25) is 5.91 Å². The Balaban J connectivity index is 1.07. The van der Waals surface area contributed by atoms with Crippen LogP contribution in [-0.2, 0) is 17.8 Å². The number of rotatable bonds is 4. The maximum atomic E-state index is 12.7. The average Bonchev–Trinajstić information content (AvgIpc) is 2.90. The molecule has 1 atom stereocenters. The van der Waals surface area contributed by atoms with E-state index in [9.17, 15) is 9.59 Å². The summed E-state index contributed by atoms with van der Waals surface area (Å²) in [6.07, 6.45) is 1.90. The number of fused-ring (bicyclic) bond motifs is 2. The van der Waals surface area contributed by atoms with Gasteiger partial charge in [0.15, 0.2) is 0 Å². The van der Waals surface area contributed by atoms with Crippen molar-refractivity contribution in [1.82, 2.24) is 15.5 Å². The molecule has 0 saturated heterocycles. The van der Waals surface area contributed by atoms with Crippen molar-refractivity contribution in [2.24, 2.45) is 5.92 Å². The second-order valence-electron chi connectivity index (χ2n) is 9.68. The Kier molecular flexibility index (Phi) is 5.33. The van der Waals surface area contributed by atoms with Gasteiger partial charge in [0.05, 0.1) is 6.54 Å². The first-order valence-electron chi connectivity index (χ1n) is 12.2. The molecule has 2 N–H and O–H groups in total. The van der Waals surface area contributed by atoms with Crippen molar-refractivity contribution >= 4 is 11.9 Å². The van der Waals surface area contributed by atoms with Gasteiger partial charge in [-0.2, -0.15) is 0 Å². The number of benzene rings is 3. The lowest BCUT2D eigenvalue weighted by Gasteiger charge is -2.45. The number of urea groups is 1. The SMILES string of the molecule is O=C(NCC(=O)N1CCc2ccccc2C1)NCC1CC2c3ccccc3C1c1ccccc12. The fraction of sp³-hybridized carbons (Fsp3) is 0.310. The molecule has 0 radical (unpaired) electrons. The van der Waals surface area contributed by atoms with Gasteiger partial charge in [0.25, 0.3) is 0 Å². The summed E-state index contributed by atoms with van der Waals surface area (Å²) in [7, 11) is 0. The van der Waals surface area contributed by atoms with Crippen molar-refractivity contribution in [3.8, 4) is 0 Å². The Labute approximate surface area is 200 Å². The summed E-state index contributed by atoms with van der Waals surface area (Å²) in [6, 6.07) is 25.4. The van der Waals surface area contributed by atoms with Crippen LogP contribution in [0.15, 0.2) is 72.8 Å². The van der Waals surface area contributed by atoms with Crippen LogP contribution in [0.4, 0.5) is 4.79 Å². The van der Waals surface area contributed by atoms with Crippen LogP contribution in [0.2, 0.25) is 0 Å². The summed E-state index contributed by atoms with van der Waals surface area (Å²) in [5.74, 6) is 0.989. The van der Waals surface area contributed by atoms with Crippen molar-refractivity contribution in [1.29, 1.82) is 0 Å². The van der Waals surface area contributed by atoms with Crippen molar-refractivity contribution in [3.63, 3.8) is 0 Å². The maximum Gasteiger partial charge on any atom is 0.315 e. The number of nitrogens with zero attached hydrogens (tertiary/aromatic N) is 1. The molecule has 3 aliphatic carbocycles. The average molecular weight is 452 g/mol. The van der Waals surface area contributed by atoms with Crippen LogP contribution >= 0.6 is 0 Å². The normalized spacial score (nSPS) is 21.8. The van der Waals surface area contributed by atoms with E-state index in [1.165, 1.54) is 33.4 Å². The predicted molar refractivity (Wildman–Crippen MR) is 132 cm³/mol. The number of carbonyl (C=O) groups is 2. The third-order valence-corrected chi connectivity index (χ3v) is 7.83. The molecule has 5 heteroatoms. The van der Waals surface area contributed by atoms with Gasteiger partial charge in [-0.3, -0.25) is 4.79 Å². The summed E-state index contributed by atoms with van der Waals surface area (Å²) in [6.45, 7) is 1.93. The second kappa shape index (κ2) is 8.64. The van der Waals surface area contributed by atoms with Gasteiger partial charge < -0.3 is 15.5 Å². The standard InChI is InChI=1S/C29H29N3O2/c33-27(32-14-13-19-7-1-2-8-20(19)18-32)17-31-29(34)30-16-21-15-26-22-9-3-5-11-24(22)28(21)25-12-6-4-10-23(25)26/h1-12,21,26,28H,13-18H2,(H2,30,31,34). The van der Waals surface area contributed by atoms with E-state index in [0.29, 0.717) is 37.4 Å². The van der Waals surface area contributed by atoms with Crippen LogP contribution in [0.5, 0.6) is 0 Å². The van der Waals surface area contributed by atoms with Gasteiger partial charge in [-0.05, 0) is 52.1 Å². The molecular weight excluding hydrogens is 422 g/mol. The minimum atomic E-state index is -0.270. The Morgan fingerprint density at radius 2 is 1.41 bits per heavy atom. The lowest BCUT2D eigenvalue weighted by atomic mass is 9.59. The molecule has 0 fully saturated rings. The summed E-state index contributed by atoms with van der Waals surface area (Å²) >= 11 is 0. The Bertz CT molecular complexity index is 1210. The highest BCUT2D eigenvalue weighted by Crippen LogP contribution is 2.55. The third-order valence-electron chi connectivity index (χ3n) is 7.83. The molecule has 3 aromatic carbocycles. The van der Waals surface area contributed by atoms with E-state index in [-0.39, 0.29) is 18.5 Å². The second-order valence-corrected chi connectivity index (χ2v) is 9.68.